The maximum atomic E-state index is 11.8. The van der Waals surface area contributed by atoms with Crippen molar-refractivity contribution in [2.24, 2.45) is 5.10 Å². The molecule has 0 saturated carbocycles. The van der Waals surface area contributed by atoms with Crippen molar-refractivity contribution in [3.8, 4) is 0 Å². The normalized spacial score (nSPS) is 10.7. The van der Waals surface area contributed by atoms with E-state index >= 15 is 0 Å². The van der Waals surface area contributed by atoms with Gasteiger partial charge in [-0.2, -0.15) is 5.10 Å². The van der Waals surface area contributed by atoms with E-state index in [1.165, 1.54) is 12.3 Å². The van der Waals surface area contributed by atoms with Gasteiger partial charge in [0.15, 0.2) is 0 Å². The van der Waals surface area contributed by atoms with Crippen LogP contribution in [0.1, 0.15) is 5.56 Å². The molecule has 0 unspecified atom stereocenters. The lowest BCUT2D eigenvalue weighted by molar-refractivity contribution is -0.136. The maximum Gasteiger partial charge on any atom is 0.329 e. The Labute approximate surface area is 157 Å². The lowest BCUT2D eigenvalue weighted by Crippen LogP contribution is -2.32. The molecule has 5 nitrogen and oxygen atoms in total. The molecule has 2 aromatic rings. The zero-order valence-corrected chi connectivity index (χ0v) is 14.8. The highest BCUT2D eigenvalue weighted by Crippen LogP contribution is 2.29. The average molecular weight is 405 g/mol. The minimum Gasteiger partial charge on any atom is -0.316 e. The summed E-state index contributed by atoms with van der Waals surface area (Å²) in [5.74, 6) is -1.95. The predicted octanol–water partition coefficient (Wildman–Crippen LogP) is 4.39. The smallest absolute Gasteiger partial charge is 0.316 e. The predicted molar refractivity (Wildman–Crippen MR) is 97.3 cm³/mol. The molecule has 0 bridgehead atoms. The van der Waals surface area contributed by atoms with Crippen molar-refractivity contribution in [1.29, 1.82) is 0 Å². The molecular weight excluding hydrogens is 396 g/mol. The summed E-state index contributed by atoms with van der Waals surface area (Å²) >= 11 is 23.7. The third kappa shape index (κ3) is 4.61. The summed E-state index contributed by atoms with van der Waals surface area (Å²) < 4.78 is 0. The molecule has 2 aromatic carbocycles. The van der Waals surface area contributed by atoms with E-state index in [1.54, 1.807) is 30.3 Å². The monoisotopic (exact) mass is 403 g/mol. The Morgan fingerprint density at radius 3 is 2.12 bits per heavy atom. The first-order valence-corrected chi connectivity index (χ1v) is 7.93. The zero-order chi connectivity index (χ0) is 17.7. The summed E-state index contributed by atoms with van der Waals surface area (Å²) in [6.45, 7) is 0. The third-order valence-electron chi connectivity index (χ3n) is 2.77. The van der Waals surface area contributed by atoms with Crippen LogP contribution in [-0.4, -0.2) is 18.0 Å². The fraction of sp³-hybridized carbons (Fsp3) is 0. The molecule has 0 atom stereocenters. The van der Waals surface area contributed by atoms with Gasteiger partial charge in [-0.25, -0.2) is 5.43 Å². The number of rotatable bonds is 3. The summed E-state index contributed by atoms with van der Waals surface area (Å²) in [7, 11) is 0. The highest BCUT2D eigenvalue weighted by atomic mass is 35.5. The molecule has 2 amide bonds. The first-order chi connectivity index (χ1) is 11.4. The summed E-state index contributed by atoms with van der Waals surface area (Å²) in [5.41, 5.74) is 2.69. The topological polar surface area (TPSA) is 70.6 Å². The molecule has 0 aliphatic heterocycles. The molecule has 9 heteroatoms. The van der Waals surface area contributed by atoms with Gasteiger partial charge in [0.05, 0.1) is 32.0 Å². The van der Waals surface area contributed by atoms with E-state index in [-0.39, 0.29) is 15.7 Å². The van der Waals surface area contributed by atoms with Gasteiger partial charge < -0.3 is 5.32 Å². The standard InChI is InChI=1S/C15H9Cl4N3O2/c16-9-3-1-4-10(17)8(9)7-20-22-15(24)14(23)21-12-6-2-5-11(18)13(12)19/h1-7H,(H,21,23)(H,22,24). The van der Waals surface area contributed by atoms with Crippen LogP contribution in [0.4, 0.5) is 5.69 Å². The van der Waals surface area contributed by atoms with Crippen LogP contribution in [0.15, 0.2) is 41.5 Å². The second-order valence-corrected chi connectivity index (χ2v) is 5.99. The van der Waals surface area contributed by atoms with E-state index < -0.39 is 11.8 Å². The number of amides is 2. The number of carbonyl (C=O) groups is 2. The zero-order valence-electron chi connectivity index (χ0n) is 11.8. The molecule has 0 fully saturated rings. The highest BCUT2D eigenvalue weighted by Gasteiger charge is 2.15. The Morgan fingerprint density at radius 1 is 0.875 bits per heavy atom. The fourth-order valence-corrected chi connectivity index (χ4v) is 2.46. The van der Waals surface area contributed by atoms with E-state index in [0.717, 1.165) is 0 Å². The van der Waals surface area contributed by atoms with Crippen LogP contribution in [0.3, 0.4) is 0 Å². The molecule has 0 saturated heterocycles. The van der Waals surface area contributed by atoms with Crippen LogP contribution in [0.2, 0.25) is 20.1 Å². The van der Waals surface area contributed by atoms with E-state index in [1.807, 2.05) is 0 Å². The number of nitrogens with one attached hydrogen (secondary N) is 2. The SMILES string of the molecule is O=C(NN=Cc1c(Cl)cccc1Cl)C(=O)Nc1cccc(Cl)c1Cl. The molecule has 2 rings (SSSR count). The molecule has 0 aliphatic carbocycles. The first-order valence-electron chi connectivity index (χ1n) is 6.42. The van der Waals surface area contributed by atoms with Crippen molar-refractivity contribution in [1.82, 2.24) is 5.43 Å². The van der Waals surface area contributed by atoms with Crippen molar-refractivity contribution in [2.45, 2.75) is 0 Å². The van der Waals surface area contributed by atoms with Gasteiger partial charge in [-0.15, -0.1) is 0 Å². The van der Waals surface area contributed by atoms with Gasteiger partial charge in [-0.1, -0.05) is 58.5 Å². The Morgan fingerprint density at radius 2 is 1.46 bits per heavy atom. The van der Waals surface area contributed by atoms with Crippen LogP contribution < -0.4 is 10.7 Å². The van der Waals surface area contributed by atoms with Crippen LogP contribution in [0.5, 0.6) is 0 Å². The Bertz CT molecular complexity index is 804. The second-order valence-electron chi connectivity index (χ2n) is 4.39. The molecule has 0 aliphatic rings. The molecule has 24 heavy (non-hydrogen) atoms. The van der Waals surface area contributed by atoms with Gasteiger partial charge in [0.2, 0.25) is 0 Å². The third-order valence-corrected chi connectivity index (χ3v) is 4.24. The van der Waals surface area contributed by atoms with Crippen LogP contribution in [-0.2, 0) is 9.59 Å². The van der Waals surface area contributed by atoms with Crippen molar-refractivity contribution < 1.29 is 9.59 Å². The number of hydrogen-bond donors (Lipinski definition) is 2. The first kappa shape index (κ1) is 18.5. The Balaban J connectivity index is 2.01. The number of nitrogens with zero attached hydrogens (tertiary/aromatic N) is 1. The lowest BCUT2D eigenvalue weighted by atomic mass is 10.2. The molecule has 0 heterocycles. The van der Waals surface area contributed by atoms with Crippen LogP contribution in [0.25, 0.3) is 0 Å². The number of halogens is 4. The molecule has 0 aromatic heterocycles. The largest absolute Gasteiger partial charge is 0.329 e. The molecule has 0 spiro atoms. The van der Waals surface area contributed by atoms with E-state index in [4.69, 9.17) is 46.4 Å². The Kier molecular flexibility index (Phi) is 6.45. The van der Waals surface area contributed by atoms with Crippen LogP contribution in [0, 0.1) is 0 Å². The molecule has 2 N–H and O–H groups in total. The summed E-state index contributed by atoms with van der Waals surface area (Å²) in [6.07, 6.45) is 1.24. The fourth-order valence-electron chi connectivity index (χ4n) is 1.62. The van der Waals surface area contributed by atoms with Gasteiger partial charge >= 0.3 is 11.8 Å². The van der Waals surface area contributed by atoms with E-state index in [0.29, 0.717) is 15.6 Å². The van der Waals surface area contributed by atoms with Crippen molar-refractivity contribution in [3.63, 3.8) is 0 Å². The quantitative estimate of drug-likeness (QED) is 0.452. The van der Waals surface area contributed by atoms with Crippen molar-refractivity contribution in [2.75, 3.05) is 5.32 Å². The average Bonchev–Trinajstić information content (AvgIpc) is 2.54. The van der Waals surface area contributed by atoms with Gasteiger partial charge in [0, 0.05) is 5.56 Å². The summed E-state index contributed by atoms with van der Waals surface area (Å²) in [4.78, 5) is 23.5. The van der Waals surface area contributed by atoms with Crippen LogP contribution >= 0.6 is 46.4 Å². The van der Waals surface area contributed by atoms with E-state index in [9.17, 15) is 9.59 Å². The second kappa shape index (κ2) is 8.35. The lowest BCUT2D eigenvalue weighted by Gasteiger charge is -2.07. The maximum absolute atomic E-state index is 11.8. The summed E-state index contributed by atoms with van der Waals surface area (Å²) in [6, 6.07) is 9.54. The van der Waals surface area contributed by atoms with Crippen molar-refractivity contribution in [3.05, 3.63) is 62.1 Å². The molecule has 124 valence electrons. The van der Waals surface area contributed by atoms with Gasteiger partial charge in [0.1, 0.15) is 0 Å². The molecular formula is C15H9Cl4N3O2. The summed E-state index contributed by atoms with van der Waals surface area (Å²) in [5, 5.41) is 7.08. The molecule has 0 radical (unpaired) electrons. The number of benzene rings is 2. The minimum atomic E-state index is -0.995. The van der Waals surface area contributed by atoms with Gasteiger partial charge in [-0.3, -0.25) is 9.59 Å². The number of hydrazone groups is 1. The Hall–Kier alpha value is -1.79. The number of anilines is 1. The minimum absolute atomic E-state index is 0.131. The van der Waals surface area contributed by atoms with E-state index in [2.05, 4.69) is 15.8 Å². The van der Waals surface area contributed by atoms with Crippen molar-refractivity contribution >= 4 is 70.1 Å². The number of carbonyl (C=O) groups excluding carboxylic acids is 2. The van der Waals surface area contributed by atoms with Gasteiger partial charge in [0.25, 0.3) is 0 Å². The number of hydrogen-bond acceptors (Lipinski definition) is 3. The van der Waals surface area contributed by atoms with Gasteiger partial charge in [-0.05, 0) is 24.3 Å². The highest BCUT2D eigenvalue weighted by molar-refractivity contribution is 6.45.